The molecule has 0 spiro atoms. The fraction of sp³-hybridized carbons (Fsp3) is 0. The van der Waals surface area contributed by atoms with Gasteiger partial charge in [-0.05, 0) is 0 Å². The van der Waals surface area contributed by atoms with Crippen LogP contribution in [-0.2, 0) is 19.9 Å². The molecule has 0 aliphatic carbocycles. The maximum Gasteiger partial charge on any atom is 0.364 e. The van der Waals surface area contributed by atoms with E-state index in [1.54, 1.807) is 0 Å². The van der Waals surface area contributed by atoms with Gasteiger partial charge in [0.05, 0.1) is 0 Å². The van der Waals surface area contributed by atoms with Crippen molar-refractivity contribution in [1.82, 2.24) is 0 Å². The van der Waals surface area contributed by atoms with Crippen LogP contribution in [0, 0.1) is 0 Å². The Morgan fingerprint density at radius 1 is 1.62 bits per heavy atom. The minimum atomic E-state index is -2.53. The van der Waals surface area contributed by atoms with Gasteiger partial charge >= 0.3 is 5.97 Å². The van der Waals surface area contributed by atoms with Gasteiger partial charge in [0.1, 0.15) is 5.37 Å². The molecule has 0 radical (unpaired) electrons. The molecule has 0 aromatic heterocycles. The summed E-state index contributed by atoms with van der Waals surface area (Å²) in [4.78, 5) is 13.3. The Hall–Kier alpha value is -0.880. The molecular weight excluding hydrogens is 134 g/mol. The summed E-state index contributed by atoms with van der Waals surface area (Å²) in [5.74, 6) is 3.18. The van der Waals surface area contributed by atoms with Crippen LogP contribution in [0.5, 0.6) is 0 Å². The fourth-order valence-electron chi connectivity index (χ4n) is 0.106. The molecule has 2 N–H and O–H groups in total. The van der Waals surface area contributed by atoms with Gasteiger partial charge in [-0.25, -0.2) is 4.79 Å². The van der Waals surface area contributed by atoms with Crippen LogP contribution >= 0.6 is 0 Å². The van der Waals surface area contributed by atoms with Gasteiger partial charge in [0.25, 0.3) is 0 Å². The van der Waals surface area contributed by atoms with Gasteiger partial charge in [-0.2, -0.15) is 14.3 Å². The maximum atomic E-state index is 9.83. The molecule has 0 rings (SSSR count). The largest absolute Gasteiger partial charge is 0.369 e. The average Bonchev–Trinajstić information content (AvgIpc) is 1.65. The van der Waals surface area contributed by atoms with Gasteiger partial charge in [0.2, 0.25) is 10.3 Å². The number of hydrogen-bond donors (Lipinski definition) is 1. The summed E-state index contributed by atoms with van der Waals surface area (Å²) in [6.07, 6.45) is 0. The first-order chi connectivity index (χ1) is 3.66. The van der Waals surface area contributed by atoms with E-state index in [-0.39, 0.29) is 0 Å². The smallest absolute Gasteiger partial charge is 0.364 e. The van der Waals surface area contributed by atoms with Crippen molar-refractivity contribution >= 4 is 21.6 Å². The Bertz CT molecular complexity index is 194. The lowest BCUT2D eigenvalue weighted by Crippen LogP contribution is -2.10. The van der Waals surface area contributed by atoms with E-state index in [0.29, 0.717) is 5.37 Å². The minimum absolute atomic E-state index is 0.319. The number of nitrogens with two attached hydrogens (primary N) is 1. The SMILES string of the molecule is NOC(=O)C=S(=O)=O. The second-order valence-electron chi connectivity index (χ2n) is 0.815. The lowest BCUT2D eigenvalue weighted by molar-refractivity contribution is -0.135. The summed E-state index contributed by atoms with van der Waals surface area (Å²) in [5, 5.41) is 0.319. The highest BCUT2D eigenvalue weighted by Gasteiger charge is 1.91. The maximum absolute atomic E-state index is 9.83. The molecule has 0 unspecified atom stereocenters. The zero-order valence-corrected chi connectivity index (χ0v) is 4.51. The van der Waals surface area contributed by atoms with E-state index in [9.17, 15) is 13.2 Å². The fourth-order valence-corrected chi connectivity index (χ4v) is 0.319. The van der Waals surface area contributed by atoms with Crippen LogP contribution in [0.3, 0.4) is 0 Å². The van der Waals surface area contributed by atoms with Gasteiger partial charge < -0.3 is 4.84 Å². The Morgan fingerprint density at radius 2 is 2.12 bits per heavy atom. The van der Waals surface area contributed by atoms with Crippen LogP contribution in [0.15, 0.2) is 0 Å². The van der Waals surface area contributed by atoms with Crippen molar-refractivity contribution in [3.8, 4) is 0 Å². The highest BCUT2D eigenvalue weighted by Crippen LogP contribution is 1.56. The Kier molecular flexibility index (Phi) is 2.82. The first-order valence-electron chi connectivity index (χ1n) is 1.50. The van der Waals surface area contributed by atoms with Crippen molar-refractivity contribution in [2.24, 2.45) is 5.90 Å². The van der Waals surface area contributed by atoms with Crippen LogP contribution in [0.4, 0.5) is 0 Å². The minimum Gasteiger partial charge on any atom is -0.369 e. The summed E-state index contributed by atoms with van der Waals surface area (Å²) in [5.41, 5.74) is 0. The van der Waals surface area contributed by atoms with E-state index in [1.807, 2.05) is 0 Å². The molecular formula is C2H3NO4S. The first kappa shape index (κ1) is 7.12. The van der Waals surface area contributed by atoms with Crippen LogP contribution in [0.2, 0.25) is 0 Å². The van der Waals surface area contributed by atoms with Gasteiger partial charge in [-0.1, -0.05) is 0 Å². The highest BCUT2D eigenvalue weighted by atomic mass is 32.2. The standard InChI is InChI=1S/C2H3NO4S/c3-7-2(4)1-8(5)6/h1H,3H2. The zero-order valence-electron chi connectivity index (χ0n) is 3.70. The molecule has 46 valence electrons. The summed E-state index contributed by atoms with van der Waals surface area (Å²) in [7, 11) is -2.53. The third-order valence-electron chi connectivity index (χ3n) is 0.309. The van der Waals surface area contributed by atoms with Gasteiger partial charge in [-0.15, -0.1) is 0 Å². The van der Waals surface area contributed by atoms with Gasteiger partial charge in [0, 0.05) is 0 Å². The summed E-state index contributed by atoms with van der Waals surface area (Å²) in [6.45, 7) is 0. The average molecular weight is 137 g/mol. The molecule has 6 heteroatoms. The molecule has 5 nitrogen and oxygen atoms in total. The topological polar surface area (TPSA) is 86.5 Å². The zero-order chi connectivity index (χ0) is 6.57. The second kappa shape index (κ2) is 3.16. The Balaban J connectivity index is 4.12. The van der Waals surface area contributed by atoms with Crippen molar-refractivity contribution < 1.29 is 18.0 Å². The molecule has 0 bridgehead atoms. The predicted octanol–water partition coefficient (Wildman–Crippen LogP) is -1.92. The number of rotatable bonds is 1. The first-order valence-corrected chi connectivity index (χ1v) is 2.64. The summed E-state index contributed by atoms with van der Waals surface area (Å²) < 4.78 is 19.1. The highest BCUT2D eigenvalue weighted by molar-refractivity contribution is 7.73. The molecule has 0 aliphatic heterocycles. The molecule has 0 atom stereocenters. The van der Waals surface area contributed by atoms with Crippen LogP contribution in [-0.4, -0.2) is 19.8 Å². The van der Waals surface area contributed by atoms with E-state index in [1.165, 1.54) is 0 Å². The van der Waals surface area contributed by atoms with Gasteiger partial charge in [0.15, 0.2) is 0 Å². The molecule has 0 saturated heterocycles. The van der Waals surface area contributed by atoms with E-state index < -0.39 is 16.3 Å². The van der Waals surface area contributed by atoms with Crippen molar-refractivity contribution in [3.63, 3.8) is 0 Å². The van der Waals surface area contributed by atoms with E-state index in [0.717, 1.165) is 0 Å². The number of carbonyl (C=O) groups excluding carboxylic acids is 1. The van der Waals surface area contributed by atoms with E-state index in [4.69, 9.17) is 0 Å². The van der Waals surface area contributed by atoms with Crippen molar-refractivity contribution in [2.45, 2.75) is 0 Å². The van der Waals surface area contributed by atoms with Gasteiger partial charge in [-0.3, -0.25) is 0 Å². The predicted molar refractivity (Wildman–Crippen MR) is 25.3 cm³/mol. The monoisotopic (exact) mass is 137 g/mol. The second-order valence-corrected chi connectivity index (χ2v) is 1.57. The molecule has 0 saturated carbocycles. The normalized spacial score (nSPS) is 7.62. The number of hydrogen-bond acceptors (Lipinski definition) is 5. The molecule has 0 heterocycles. The van der Waals surface area contributed by atoms with Crippen molar-refractivity contribution in [1.29, 1.82) is 0 Å². The van der Waals surface area contributed by atoms with Crippen molar-refractivity contribution in [3.05, 3.63) is 0 Å². The number of carbonyl (C=O) groups is 1. The van der Waals surface area contributed by atoms with Crippen molar-refractivity contribution in [2.75, 3.05) is 0 Å². The third kappa shape index (κ3) is 3.32. The Labute approximate surface area is 46.5 Å². The molecule has 0 amide bonds. The molecule has 0 fully saturated rings. The molecule has 8 heavy (non-hydrogen) atoms. The summed E-state index contributed by atoms with van der Waals surface area (Å²) >= 11 is 0. The molecule has 0 aromatic carbocycles. The quantitative estimate of drug-likeness (QED) is 0.336. The molecule has 0 aromatic rings. The lowest BCUT2D eigenvalue weighted by Gasteiger charge is -1.80. The Morgan fingerprint density at radius 3 is 2.25 bits per heavy atom. The lowest BCUT2D eigenvalue weighted by atomic mass is 10.8. The molecule has 0 aliphatic rings. The van der Waals surface area contributed by atoms with E-state index >= 15 is 0 Å². The summed E-state index contributed by atoms with van der Waals surface area (Å²) in [6, 6.07) is 0. The van der Waals surface area contributed by atoms with Crippen LogP contribution in [0.25, 0.3) is 0 Å². The third-order valence-corrected chi connectivity index (χ3v) is 0.694. The van der Waals surface area contributed by atoms with Crippen LogP contribution < -0.4 is 5.90 Å². The van der Waals surface area contributed by atoms with E-state index in [2.05, 4.69) is 10.7 Å². The van der Waals surface area contributed by atoms with Crippen LogP contribution in [0.1, 0.15) is 0 Å².